The van der Waals surface area contributed by atoms with Gasteiger partial charge in [0.15, 0.2) is 0 Å². The fraction of sp³-hybridized carbons (Fsp3) is 0.909. The highest BCUT2D eigenvalue weighted by Crippen LogP contribution is 2.62. The van der Waals surface area contributed by atoms with Gasteiger partial charge in [0, 0.05) is 0 Å². The fourth-order valence-electron chi connectivity index (χ4n) is 6.84. The minimum atomic E-state index is -0.674. The third-order valence-corrected chi connectivity index (χ3v) is 9.06. The van der Waals surface area contributed by atoms with Crippen molar-refractivity contribution in [2.24, 2.45) is 46.3 Å². The number of rotatable bonds is 4. The van der Waals surface area contributed by atoms with Gasteiger partial charge in [-0.25, -0.2) is 14.9 Å². The lowest BCUT2D eigenvalue weighted by atomic mass is 9.46. The first-order valence-corrected chi connectivity index (χ1v) is 10.8. The van der Waals surface area contributed by atoms with Crippen molar-refractivity contribution >= 4 is 12.2 Å². The van der Waals surface area contributed by atoms with Gasteiger partial charge in [-0.3, -0.25) is 0 Å². The van der Waals surface area contributed by atoms with Gasteiger partial charge < -0.3 is 9.47 Å². The molecule has 0 radical (unpaired) electrons. The van der Waals surface area contributed by atoms with Crippen LogP contribution in [0.4, 0.5) is 9.59 Å². The van der Waals surface area contributed by atoms with Crippen LogP contribution >= 0.6 is 0 Å². The summed E-state index contributed by atoms with van der Waals surface area (Å²) in [6.07, 6.45) is 5.85. The Morgan fingerprint density at radius 3 is 1.52 bits per heavy atom. The number of hydrogen-bond acceptors (Lipinski definition) is 4. The highest BCUT2D eigenvalue weighted by molar-refractivity contribution is 5.87. The predicted octanol–water partition coefficient (Wildman–Crippen LogP) is 4.99. The van der Waals surface area contributed by atoms with E-state index in [1.165, 1.54) is 25.7 Å². The first-order valence-electron chi connectivity index (χ1n) is 10.8. The molecule has 0 aromatic heterocycles. The van der Waals surface area contributed by atoms with E-state index in [-0.39, 0.29) is 0 Å². The average Bonchev–Trinajstić information content (AvgIpc) is 2.64. The third kappa shape index (κ3) is 3.25. The Kier molecular flexibility index (Phi) is 4.71. The molecule has 4 bridgehead atoms. The Hall–Kier alpha value is -1.26. The van der Waals surface area contributed by atoms with Crippen LogP contribution in [0.5, 0.6) is 0 Å². The van der Waals surface area contributed by atoms with Crippen molar-refractivity contribution in [3.05, 3.63) is 0 Å². The largest absolute Gasteiger partial charge is 0.449 e. The number of alkyl carbamates (subject to hydrolysis) is 2. The van der Waals surface area contributed by atoms with Crippen LogP contribution in [-0.4, -0.2) is 25.4 Å². The van der Waals surface area contributed by atoms with Crippen LogP contribution in [-0.2, 0) is 9.47 Å². The number of fused-ring (bicyclic) bond motifs is 4. The second-order valence-electron chi connectivity index (χ2n) is 10.7. The normalized spacial score (nSPS) is 40.1. The van der Waals surface area contributed by atoms with E-state index in [2.05, 4.69) is 33.0 Å². The lowest BCUT2D eigenvalue weighted by molar-refractivity contribution is -0.118. The highest BCUT2D eigenvalue weighted by Gasteiger charge is 2.55. The van der Waals surface area contributed by atoms with Crippen LogP contribution in [0.2, 0.25) is 0 Å². The number of carbonyl (C=O) groups excluding carboxylic acids is 2. The van der Waals surface area contributed by atoms with Gasteiger partial charge >= 0.3 is 12.2 Å². The van der Waals surface area contributed by atoms with Crippen molar-refractivity contribution in [3.8, 4) is 0 Å². The first kappa shape index (κ1) is 19.1. The topological polar surface area (TPSA) is 64.6 Å². The maximum atomic E-state index is 12.0. The van der Waals surface area contributed by atoms with Crippen molar-refractivity contribution in [1.29, 1.82) is 0 Å². The second kappa shape index (κ2) is 6.66. The SMILES string of the molecule is CC1(C)[C@H]2CC[C@@H](COC(=O)NC(=O)OC[C@@H]3CC[C@H]4C[C@@H]3C4(C)C)[C@@H]1C2. The smallest absolute Gasteiger partial charge is 0.416 e. The van der Waals surface area contributed by atoms with E-state index < -0.39 is 12.2 Å². The molecule has 6 saturated carbocycles. The van der Waals surface area contributed by atoms with Crippen LogP contribution < -0.4 is 5.32 Å². The summed E-state index contributed by atoms with van der Waals surface area (Å²) < 4.78 is 10.7. The molecule has 5 heteroatoms. The molecule has 2 amide bonds. The molecule has 0 aromatic rings. The van der Waals surface area contributed by atoms with E-state index in [4.69, 9.17) is 9.47 Å². The van der Waals surface area contributed by atoms with Gasteiger partial charge in [-0.15, -0.1) is 0 Å². The maximum absolute atomic E-state index is 12.0. The van der Waals surface area contributed by atoms with Crippen molar-refractivity contribution in [1.82, 2.24) is 5.32 Å². The van der Waals surface area contributed by atoms with Gasteiger partial charge in [-0.2, -0.15) is 0 Å². The lowest BCUT2D eigenvalue weighted by Gasteiger charge is -2.60. The predicted molar refractivity (Wildman–Crippen MR) is 102 cm³/mol. The Morgan fingerprint density at radius 1 is 0.778 bits per heavy atom. The zero-order valence-corrected chi connectivity index (χ0v) is 17.3. The zero-order valence-electron chi connectivity index (χ0n) is 17.3. The molecule has 1 N–H and O–H groups in total. The van der Waals surface area contributed by atoms with Crippen molar-refractivity contribution < 1.29 is 19.1 Å². The molecule has 152 valence electrons. The van der Waals surface area contributed by atoms with Gasteiger partial charge in [-0.05, 0) is 84.9 Å². The summed E-state index contributed by atoms with van der Waals surface area (Å²) in [5.41, 5.74) is 0.742. The van der Waals surface area contributed by atoms with Crippen LogP contribution in [0.3, 0.4) is 0 Å². The number of hydrogen-bond donors (Lipinski definition) is 1. The van der Waals surface area contributed by atoms with E-state index in [0.29, 0.717) is 47.7 Å². The third-order valence-electron chi connectivity index (χ3n) is 9.06. The standard InChI is InChI=1S/C22H35NO4/c1-21(2)15-7-5-13(17(21)9-15)11-26-19(24)23-20(25)27-12-14-6-8-16-10-18(14)22(16,3)4/h13-18H,5-12H2,1-4H3,(H,23,24,25)/t13-,14-,15-,16-,17-,18-/m0/s1. The number of nitrogens with one attached hydrogen (secondary N) is 1. The van der Waals surface area contributed by atoms with E-state index in [1.807, 2.05) is 0 Å². The van der Waals surface area contributed by atoms with Gasteiger partial charge in [0.25, 0.3) is 0 Å². The maximum Gasteiger partial charge on any atom is 0.416 e. The molecular formula is C22H35NO4. The molecule has 0 unspecified atom stereocenters. The number of carbonyl (C=O) groups is 2. The van der Waals surface area contributed by atoms with E-state index >= 15 is 0 Å². The zero-order chi connectivity index (χ0) is 19.4. The van der Waals surface area contributed by atoms with Crippen molar-refractivity contribution in [2.75, 3.05) is 13.2 Å². The monoisotopic (exact) mass is 377 g/mol. The molecule has 6 aliphatic rings. The minimum absolute atomic E-state index is 0.371. The molecule has 0 aromatic carbocycles. The Labute approximate surface area is 162 Å². The molecule has 0 saturated heterocycles. The molecule has 6 atom stereocenters. The van der Waals surface area contributed by atoms with E-state index in [0.717, 1.165) is 24.7 Å². The molecule has 0 spiro atoms. The van der Waals surface area contributed by atoms with Gasteiger partial charge in [-0.1, -0.05) is 27.7 Å². The van der Waals surface area contributed by atoms with Crippen LogP contribution in [0, 0.1) is 46.3 Å². The molecule has 0 aliphatic heterocycles. The van der Waals surface area contributed by atoms with Crippen LogP contribution in [0.1, 0.15) is 66.2 Å². The van der Waals surface area contributed by atoms with Crippen molar-refractivity contribution in [3.63, 3.8) is 0 Å². The summed E-state index contributed by atoms with van der Waals surface area (Å²) in [5.74, 6) is 3.77. The number of amides is 2. The van der Waals surface area contributed by atoms with Crippen molar-refractivity contribution in [2.45, 2.75) is 66.2 Å². The molecule has 27 heavy (non-hydrogen) atoms. The van der Waals surface area contributed by atoms with Gasteiger partial charge in [0.1, 0.15) is 0 Å². The van der Waals surface area contributed by atoms with E-state index in [1.54, 1.807) is 0 Å². The Balaban J connectivity index is 1.16. The molecule has 6 aliphatic carbocycles. The minimum Gasteiger partial charge on any atom is -0.449 e. The average molecular weight is 378 g/mol. The number of imide groups is 1. The second-order valence-corrected chi connectivity index (χ2v) is 10.7. The summed E-state index contributed by atoms with van der Waals surface area (Å²) in [6.45, 7) is 10.1. The first-order chi connectivity index (χ1) is 12.7. The Bertz CT molecular complexity index is 557. The molecule has 5 nitrogen and oxygen atoms in total. The Morgan fingerprint density at radius 2 is 1.19 bits per heavy atom. The summed E-state index contributed by atoms with van der Waals surface area (Å²) >= 11 is 0. The quantitative estimate of drug-likeness (QED) is 0.749. The summed E-state index contributed by atoms with van der Waals surface area (Å²) in [5, 5.41) is 2.23. The number of ether oxygens (including phenoxy) is 2. The summed E-state index contributed by atoms with van der Waals surface area (Å²) in [4.78, 5) is 23.9. The molecule has 6 rings (SSSR count). The molecular weight excluding hydrogens is 342 g/mol. The lowest BCUT2D eigenvalue weighted by Crippen LogP contribution is -2.53. The van der Waals surface area contributed by atoms with E-state index in [9.17, 15) is 9.59 Å². The highest BCUT2D eigenvalue weighted by atomic mass is 16.6. The van der Waals surface area contributed by atoms with Crippen LogP contribution in [0.15, 0.2) is 0 Å². The fourth-order valence-corrected chi connectivity index (χ4v) is 6.84. The van der Waals surface area contributed by atoms with Crippen LogP contribution in [0.25, 0.3) is 0 Å². The summed E-state index contributed by atoms with van der Waals surface area (Å²) in [7, 11) is 0. The molecule has 0 heterocycles. The van der Waals surface area contributed by atoms with Gasteiger partial charge in [0.05, 0.1) is 13.2 Å². The van der Waals surface area contributed by atoms with Gasteiger partial charge in [0.2, 0.25) is 0 Å². The molecule has 6 fully saturated rings. The summed E-state index contributed by atoms with van der Waals surface area (Å²) in [6, 6.07) is 0.